The monoisotopic (exact) mass is 421 g/mol. The molecule has 5 N–H and O–H groups in total. The topological polar surface area (TPSA) is 95.8 Å². The minimum absolute atomic E-state index is 0.256. The number of nitrogens with one attached hydrogen (secondary N) is 3. The van der Waals surface area contributed by atoms with Gasteiger partial charge in [0.2, 0.25) is 5.95 Å². The average Bonchev–Trinajstić information content (AvgIpc) is 2.61. The van der Waals surface area contributed by atoms with Gasteiger partial charge in [0.1, 0.15) is 10.9 Å². The minimum atomic E-state index is 0.256. The fraction of sp³-hybridized carbons (Fsp3) is 0.350. The number of H-pyrrole nitrogens is 1. The number of carbonyl (C=O) groups is 1. The van der Waals surface area contributed by atoms with Crippen LogP contribution in [0.15, 0.2) is 30.3 Å². The molecule has 2 aromatic rings. The standard InChI is InChI=1S/C14H13ClN4OS.C6H15N/c1-17-14-18-12(8-2-4-9(15)5-3-8)11(13(21)19-14)10(16)6-7-20;1-5-7-6(2,3)4/h2-7H,16H2,1H3,(H2,17,18,19,21);7H,5H2,1-4H3/b10-6-;. The van der Waals surface area contributed by atoms with Crippen molar-refractivity contribution in [3.05, 3.63) is 45.6 Å². The molecule has 0 spiro atoms. The molecule has 0 saturated heterocycles. The number of rotatable bonds is 5. The molecule has 1 heterocycles. The molecule has 0 unspecified atom stereocenters. The second kappa shape index (κ2) is 10.9. The Bertz CT molecular complexity index is 870. The molecule has 28 heavy (non-hydrogen) atoms. The highest BCUT2D eigenvalue weighted by Gasteiger charge is 2.13. The summed E-state index contributed by atoms with van der Waals surface area (Å²) in [6, 6.07) is 7.19. The quantitative estimate of drug-likeness (QED) is 0.325. The summed E-state index contributed by atoms with van der Waals surface area (Å²) in [5, 5.41) is 6.81. The average molecular weight is 422 g/mol. The van der Waals surface area contributed by atoms with E-state index >= 15 is 0 Å². The molecule has 8 heteroatoms. The lowest BCUT2D eigenvalue weighted by Crippen LogP contribution is -2.35. The molecular weight excluding hydrogens is 394 g/mol. The first-order chi connectivity index (χ1) is 13.1. The van der Waals surface area contributed by atoms with Crippen molar-refractivity contribution in [1.82, 2.24) is 15.3 Å². The molecule has 0 aliphatic carbocycles. The van der Waals surface area contributed by atoms with E-state index in [0.717, 1.165) is 12.1 Å². The van der Waals surface area contributed by atoms with E-state index in [0.29, 0.717) is 38.7 Å². The largest absolute Gasteiger partial charge is 0.398 e. The predicted molar refractivity (Wildman–Crippen MR) is 121 cm³/mol. The molecule has 0 aliphatic rings. The summed E-state index contributed by atoms with van der Waals surface area (Å²) in [7, 11) is 1.73. The van der Waals surface area contributed by atoms with Gasteiger partial charge in [-0.1, -0.05) is 42.9 Å². The van der Waals surface area contributed by atoms with Crippen LogP contribution in [0.5, 0.6) is 0 Å². The summed E-state index contributed by atoms with van der Waals surface area (Å²) in [5.74, 6) is 0.507. The van der Waals surface area contributed by atoms with Gasteiger partial charge < -0.3 is 21.4 Å². The summed E-state index contributed by atoms with van der Waals surface area (Å²) >= 11 is 11.2. The van der Waals surface area contributed by atoms with Crippen molar-refractivity contribution in [2.24, 2.45) is 5.73 Å². The Morgan fingerprint density at radius 1 is 1.32 bits per heavy atom. The molecule has 0 aliphatic heterocycles. The summed E-state index contributed by atoms with van der Waals surface area (Å²) in [5.41, 5.74) is 8.50. The van der Waals surface area contributed by atoms with Crippen molar-refractivity contribution in [2.75, 3.05) is 18.9 Å². The van der Waals surface area contributed by atoms with Crippen LogP contribution in [0.1, 0.15) is 33.3 Å². The Balaban J connectivity index is 0.000000480. The molecule has 0 fully saturated rings. The molecule has 1 aromatic heterocycles. The zero-order chi connectivity index (χ0) is 21.3. The maximum Gasteiger partial charge on any atom is 0.201 e. The number of nitrogens with two attached hydrogens (primary N) is 1. The molecule has 6 nitrogen and oxygen atoms in total. The molecule has 0 amide bonds. The lowest BCUT2D eigenvalue weighted by atomic mass is 10.0. The third kappa shape index (κ3) is 7.42. The first-order valence-corrected chi connectivity index (χ1v) is 9.65. The number of aromatic nitrogens is 2. The van der Waals surface area contributed by atoms with Gasteiger partial charge in [-0.05, 0) is 45.0 Å². The van der Waals surface area contributed by atoms with E-state index in [9.17, 15) is 4.79 Å². The van der Waals surface area contributed by atoms with Gasteiger partial charge in [-0.25, -0.2) is 4.98 Å². The van der Waals surface area contributed by atoms with E-state index < -0.39 is 0 Å². The minimum Gasteiger partial charge on any atom is -0.398 e. The van der Waals surface area contributed by atoms with Crippen LogP contribution in [0.25, 0.3) is 17.0 Å². The van der Waals surface area contributed by atoms with E-state index in [1.165, 1.54) is 6.08 Å². The van der Waals surface area contributed by atoms with Crippen LogP contribution in [0.2, 0.25) is 5.02 Å². The van der Waals surface area contributed by atoms with Crippen molar-refractivity contribution < 1.29 is 4.79 Å². The second-order valence-corrected chi connectivity index (χ2v) is 7.76. The van der Waals surface area contributed by atoms with Gasteiger partial charge in [0.15, 0.2) is 0 Å². The fourth-order valence-corrected chi connectivity index (χ4v) is 2.82. The van der Waals surface area contributed by atoms with Crippen LogP contribution in [0, 0.1) is 4.64 Å². The van der Waals surface area contributed by atoms with Gasteiger partial charge in [0.05, 0.1) is 11.3 Å². The molecule has 0 radical (unpaired) electrons. The van der Waals surface area contributed by atoms with Crippen LogP contribution in [0.4, 0.5) is 5.95 Å². The van der Waals surface area contributed by atoms with E-state index in [2.05, 4.69) is 48.3 Å². The molecular formula is C20H28ClN5OS. The van der Waals surface area contributed by atoms with E-state index in [1.807, 2.05) is 12.1 Å². The lowest BCUT2D eigenvalue weighted by Gasteiger charge is -2.18. The fourth-order valence-electron chi connectivity index (χ4n) is 2.38. The Hall–Kier alpha value is -2.22. The maximum atomic E-state index is 10.7. The van der Waals surface area contributed by atoms with Crippen LogP contribution < -0.4 is 16.4 Å². The Labute approximate surface area is 176 Å². The molecule has 0 atom stereocenters. The first kappa shape index (κ1) is 23.8. The number of anilines is 1. The zero-order valence-electron chi connectivity index (χ0n) is 16.9. The van der Waals surface area contributed by atoms with Crippen molar-refractivity contribution >= 4 is 41.8 Å². The van der Waals surface area contributed by atoms with E-state index in [1.54, 1.807) is 19.2 Å². The highest BCUT2D eigenvalue weighted by molar-refractivity contribution is 7.71. The van der Waals surface area contributed by atoms with Gasteiger partial charge in [0, 0.05) is 29.4 Å². The number of benzene rings is 1. The number of aldehydes is 1. The van der Waals surface area contributed by atoms with Crippen LogP contribution in [-0.2, 0) is 4.79 Å². The molecule has 0 bridgehead atoms. The van der Waals surface area contributed by atoms with Gasteiger partial charge in [-0.3, -0.25) is 4.79 Å². The van der Waals surface area contributed by atoms with Gasteiger partial charge in [-0.2, -0.15) is 0 Å². The Kier molecular flexibility index (Phi) is 9.31. The third-order valence-electron chi connectivity index (χ3n) is 3.53. The predicted octanol–water partition coefficient (Wildman–Crippen LogP) is 4.39. The van der Waals surface area contributed by atoms with Gasteiger partial charge >= 0.3 is 0 Å². The van der Waals surface area contributed by atoms with Crippen molar-refractivity contribution in [1.29, 1.82) is 0 Å². The summed E-state index contributed by atoms with van der Waals surface area (Å²) < 4.78 is 0.304. The number of aromatic amines is 1. The Morgan fingerprint density at radius 2 is 1.93 bits per heavy atom. The lowest BCUT2D eigenvalue weighted by molar-refractivity contribution is -0.104. The van der Waals surface area contributed by atoms with Gasteiger partial charge in [-0.15, -0.1) is 0 Å². The van der Waals surface area contributed by atoms with E-state index in [-0.39, 0.29) is 5.70 Å². The zero-order valence-corrected chi connectivity index (χ0v) is 18.5. The number of hydrogen-bond acceptors (Lipinski definition) is 6. The molecule has 152 valence electrons. The highest BCUT2D eigenvalue weighted by atomic mass is 35.5. The smallest absolute Gasteiger partial charge is 0.201 e. The summed E-state index contributed by atoms with van der Waals surface area (Å²) in [6.07, 6.45) is 1.86. The normalized spacial score (nSPS) is 11.4. The van der Waals surface area contributed by atoms with Crippen molar-refractivity contribution in [3.63, 3.8) is 0 Å². The number of halogens is 1. The highest BCUT2D eigenvalue weighted by Crippen LogP contribution is 2.27. The molecule has 1 aromatic carbocycles. The number of hydrogen-bond donors (Lipinski definition) is 4. The molecule has 0 saturated carbocycles. The summed E-state index contributed by atoms with van der Waals surface area (Å²) in [6.45, 7) is 9.66. The maximum absolute atomic E-state index is 10.7. The second-order valence-electron chi connectivity index (χ2n) is 6.94. The first-order valence-electron chi connectivity index (χ1n) is 8.87. The van der Waals surface area contributed by atoms with Gasteiger partial charge in [0.25, 0.3) is 0 Å². The van der Waals surface area contributed by atoms with E-state index in [4.69, 9.17) is 29.6 Å². The van der Waals surface area contributed by atoms with Crippen molar-refractivity contribution in [2.45, 2.75) is 33.2 Å². The third-order valence-corrected chi connectivity index (χ3v) is 4.08. The molecule has 2 rings (SSSR count). The van der Waals surface area contributed by atoms with Crippen molar-refractivity contribution in [3.8, 4) is 11.3 Å². The number of nitrogens with zero attached hydrogens (tertiary/aromatic N) is 1. The Morgan fingerprint density at radius 3 is 2.36 bits per heavy atom. The van der Waals surface area contributed by atoms with Crippen LogP contribution in [-0.4, -0.2) is 35.4 Å². The SMILES string of the molecule is CCNC(C)(C)C.CNc1nc(=S)c(/C(N)=C/C=O)c(-c2ccc(Cl)cc2)[nH]1. The van der Waals surface area contributed by atoms with Crippen LogP contribution >= 0.6 is 23.8 Å². The number of carbonyl (C=O) groups excluding carboxylic acids is 1. The van der Waals surface area contributed by atoms with Crippen LogP contribution in [0.3, 0.4) is 0 Å². The summed E-state index contributed by atoms with van der Waals surface area (Å²) in [4.78, 5) is 18.0. The number of allylic oxidation sites excluding steroid dienone is 1.